The van der Waals surface area contributed by atoms with Crippen molar-refractivity contribution in [2.45, 2.75) is 25.4 Å². The molecule has 8 heteroatoms. The highest BCUT2D eigenvalue weighted by atomic mass is 19.1. The minimum atomic E-state index is -0.405. The minimum Gasteiger partial charge on any atom is -0.497 e. The van der Waals surface area contributed by atoms with Crippen LogP contribution >= 0.6 is 0 Å². The van der Waals surface area contributed by atoms with E-state index in [1.807, 2.05) is 29.2 Å². The summed E-state index contributed by atoms with van der Waals surface area (Å²) in [7, 11) is 3.71. The van der Waals surface area contributed by atoms with Crippen LogP contribution in [0.3, 0.4) is 0 Å². The SMILES string of the molecule is COc1ccc(CN(C(=O)c2cnc(N3CCN(C)CC3)nc2-c2ccccc2F)C2CC2)cc1. The standard InChI is InChI=1S/C27H30FN5O2/c1-31-13-15-32(16-14-31)27-29-17-23(25(30-27)22-5-3-4-6-24(22)28)26(34)33(20-9-10-20)18-19-7-11-21(35-2)12-8-19/h3-8,11-12,17,20H,9-10,13-16,18H2,1-2H3. The lowest BCUT2D eigenvalue weighted by atomic mass is 10.0. The van der Waals surface area contributed by atoms with Crippen molar-refractivity contribution in [3.63, 3.8) is 0 Å². The molecule has 0 bridgehead atoms. The van der Waals surface area contributed by atoms with Crippen molar-refractivity contribution in [2.75, 3.05) is 45.2 Å². The van der Waals surface area contributed by atoms with Crippen LogP contribution in [0.2, 0.25) is 0 Å². The summed E-state index contributed by atoms with van der Waals surface area (Å²) in [6.45, 7) is 3.83. The van der Waals surface area contributed by atoms with Crippen molar-refractivity contribution in [2.24, 2.45) is 0 Å². The molecular weight excluding hydrogens is 445 g/mol. The van der Waals surface area contributed by atoms with E-state index in [4.69, 9.17) is 9.72 Å². The third-order valence-electron chi connectivity index (χ3n) is 6.68. The average molecular weight is 476 g/mol. The van der Waals surface area contributed by atoms with Crippen molar-refractivity contribution in [1.82, 2.24) is 19.8 Å². The molecule has 1 saturated heterocycles. The maximum atomic E-state index is 14.9. The topological polar surface area (TPSA) is 61.8 Å². The third-order valence-corrected chi connectivity index (χ3v) is 6.68. The zero-order chi connectivity index (χ0) is 24.4. The van der Waals surface area contributed by atoms with E-state index in [0.29, 0.717) is 29.3 Å². The Bertz CT molecular complexity index is 1190. The van der Waals surface area contributed by atoms with Crippen molar-refractivity contribution in [1.29, 1.82) is 0 Å². The fraction of sp³-hybridized carbons (Fsp3) is 0.370. The highest BCUT2D eigenvalue weighted by Crippen LogP contribution is 2.33. The van der Waals surface area contributed by atoms with Crippen LogP contribution < -0.4 is 9.64 Å². The largest absolute Gasteiger partial charge is 0.497 e. The smallest absolute Gasteiger partial charge is 0.258 e. The summed E-state index contributed by atoms with van der Waals surface area (Å²) in [6.07, 6.45) is 3.49. The Labute approximate surface area is 205 Å². The first-order valence-corrected chi connectivity index (χ1v) is 12.0. The number of aromatic nitrogens is 2. The van der Waals surface area contributed by atoms with Gasteiger partial charge in [0.15, 0.2) is 0 Å². The molecule has 2 aromatic carbocycles. The molecule has 0 spiro atoms. The predicted molar refractivity (Wildman–Crippen MR) is 133 cm³/mol. The maximum absolute atomic E-state index is 14.9. The van der Waals surface area contributed by atoms with Gasteiger partial charge in [0.2, 0.25) is 5.95 Å². The molecule has 7 nitrogen and oxygen atoms in total. The lowest BCUT2D eigenvalue weighted by Gasteiger charge is -2.32. The van der Waals surface area contributed by atoms with Gasteiger partial charge >= 0.3 is 0 Å². The Hall–Kier alpha value is -3.52. The second-order valence-corrected chi connectivity index (χ2v) is 9.21. The molecule has 3 aromatic rings. The Kier molecular flexibility index (Phi) is 6.63. The molecule has 1 saturated carbocycles. The number of amides is 1. The number of piperazine rings is 1. The molecule has 2 aliphatic rings. The zero-order valence-corrected chi connectivity index (χ0v) is 20.2. The van der Waals surface area contributed by atoms with Gasteiger partial charge in [-0.2, -0.15) is 0 Å². The number of hydrogen-bond donors (Lipinski definition) is 0. The molecule has 0 N–H and O–H groups in total. The number of hydrogen-bond acceptors (Lipinski definition) is 6. The molecule has 0 atom stereocenters. The lowest BCUT2D eigenvalue weighted by molar-refractivity contribution is 0.0730. The number of carbonyl (C=O) groups excluding carboxylic acids is 1. The number of benzene rings is 2. The quantitative estimate of drug-likeness (QED) is 0.517. The molecule has 182 valence electrons. The van der Waals surface area contributed by atoms with Crippen molar-refractivity contribution < 1.29 is 13.9 Å². The predicted octanol–water partition coefficient (Wildman–Crippen LogP) is 3.85. The number of rotatable bonds is 7. The molecule has 1 amide bonds. The Morgan fingerprint density at radius 2 is 1.80 bits per heavy atom. The van der Waals surface area contributed by atoms with Crippen LogP contribution in [-0.2, 0) is 6.54 Å². The minimum absolute atomic E-state index is 0.162. The number of anilines is 1. The van der Waals surface area contributed by atoms with E-state index < -0.39 is 5.82 Å². The fourth-order valence-electron chi connectivity index (χ4n) is 4.38. The van der Waals surface area contributed by atoms with Gasteiger partial charge in [-0.25, -0.2) is 14.4 Å². The van der Waals surface area contributed by atoms with E-state index in [1.165, 1.54) is 6.07 Å². The summed E-state index contributed by atoms with van der Waals surface area (Å²) >= 11 is 0. The van der Waals surface area contributed by atoms with E-state index in [-0.39, 0.29) is 11.9 Å². The van der Waals surface area contributed by atoms with Crippen molar-refractivity contribution in [3.05, 3.63) is 71.7 Å². The highest BCUT2D eigenvalue weighted by Gasteiger charge is 2.35. The van der Waals surface area contributed by atoms with Gasteiger partial charge in [-0.3, -0.25) is 4.79 Å². The summed E-state index contributed by atoms with van der Waals surface area (Å²) < 4.78 is 20.2. The number of ether oxygens (including phenoxy) is 1. The second-order valence-electron chi connectivity index (χ2n) is 9.21. The zero-order valence-electron chi connectivity index (χ0n) is 20.2. The monoisotopic (exact) mass is 475 g/mol. The van der Waals surface area contributed by atoms with Crippen LogP contribution in [0, 0.1) is 5.82 Å². The van der Waals surface area contributed by atoms with Crippen LogP contribution in [-0.4, -0.2) is 72.1 Å². The van der Waals surface area contributed by atoms with Gasteiger partial charge < -0.3 is 19.4 Å². The normalized spacial score (nSPS) is 16.3. The van der Waals surface area contributed by atoms with E-state index in [9.17, 15) is 9.18 Å². The van der Waals surface area contributed by atoms with E-state index in [2.05, 4.69) is 21.8 Å². The molecule has 1 aliphatic carbocycles. The second kappa shape index (κ2) is 10.00. The summed E-state index contributed by atoms with van der Waals surface area (Å²) in [5.74, 6) is 0.720. The first kappa shape index (κ1) is 23.2. The number of likely N-dealkylation sites (N-methyl/N-ethyl adjacent to an activating group) is 1. The molecule has 2 fully saturated rings. The first-order valence-electron chi connectivity index (χ1n) is 12.0. The highest BCUT2D eigenvalue weighted by molar-refractivity contribution is 6.00. The van der Waals surface area contributed by atoms with Crippen LogP contribution in [0.4, 0.5) is 10.3 Å². The number of carbonyl (C=O) groups is 1. The van der Waals surface area contributed by atoms with E-state index in [1.54, 1.807) is 31.5 Å². The lowest BCUT2D eigenvalue weighted by Crippen LogP contribution is -2.45. The van der Waals surface area contributed by atoms with Crippen LogP contribution in [0.25, 0.3) is 11.3 Å². The van der Waals surface area contributed by atoms with Gasteiger partial charge in [-0.1, -0.05) is 24.3 Å². The Balaban J connectivity index is 1.50. The maximum Gasteiger partial charge on any atom is 0.258 e. The summed E-state index contributed by atoms with van der Waals surface area (Å²) in [4.78, 5) is 29.4. The molecule has 35 heavy (non-hydrogen) atoms. The average Bonchev–Trinajstić information content (AvgIpc) is 3.73. The molecule has 0 unspecified atom stereocenters. The molecule has 0 radical (unpaired) electrons. The summed E-state index contributed by atoms with van der Waals surface area (Å²) in [5.41, 5.74) is 1.99. The van der Waals surface area contributed by atoms with E-state index >= 15 is 0 Å². The number of methoxy groups -OCH3 is 1. The molecule has 2 heterocycles. The van der Waals surface area contributed by atoms with Gasteiger partial charge in [-0.05, 0) is 49.7 Å². The van der Waals surface area contributed by atoms with Crippen molar-refractivity contribution in [3.8, 4) is 17.0 Å². The molecule has 1 aliphatic heterocycles. The van der Waals surface area contributed by atoms with Gasteiger partial charge in [0, 0.05) is 50.5 Å². The van der Waals surface area contributed by atoms with Gasteiger partial charge in [0.05, 0.1) is 18.4 Å². The van der Waals surface area contributed by atoms with Gasteiger partial charge in [0.25, 0.3) is 5.91 Å². The summed E-state index contributed by atoms with van der Waals surface area (Å²) in [5, 5.41) is 0. The van der Waals surface area contributed by atoms with Gasteiger partial charge in [-0.15, -0.1) is 0 Å². The van der Waals surface area contributed by atoms with Crippen molar-refractivity contribution >= 4 is 11.9 Å². The fourth-order valence-corrected chi connectivity index (χ4v) is 4.38. The van der Waals surface area contributed by atoms with Crippen LogP contribution in [0.1, 0.15) is 28.8 Å². The van der Waals surface area contributed by atoms with Gasteiger partial charge in [0.1, 0.15) is 11.6 Å². The number of halogens is 1. The molecular formula is C27H30FN5O2. The summed E-state index contributed by atoms with van der Waals surface area (Å²) in [6, 6.07) is 14.4. The first-order chi connectivity index (χ1) is 17.0. The Morgan fingerprint density at radius 3 is 2.46 bits per heavy atom. The third kappa shape index (κ3) is 5.12. The number of nitrogens with zero attached hydrogens (tertiary/aromatic N) is 5. The molecule has 1 aromatic heterocycles. The van der Waals surface area contributed by atoms with Crippen LogP contribution in [0.15, 0.2) is 54.7 Å². The van der Waals surface area contributed by atoms with E-state index in [0.717, 1.165) is 50.3 Å². The molecule has 5 rings (SSSR count). The Morgan fingerprint density at radius 1 is 1.09 bits per heavy atom. The van der Waals surface area contributed by atoms with Crippen LogP contribution in [0.5, 0.6) is 5.75 Å².